The van der Waals surface area contributed by atoms with Crippen molar-refractivity contribution in [3.8, 4) is 0 Å². The molecule has 0 aromatic carbocycles. The Labute approximate surface area is 187 Å². The van der Waals surface area contributed by atoms with Crippen LogP contribution in [0.2, 0.25) is 10.0 Å². The Balaban J connectivity index is 1.47. The molecule has 0 radical (unpaired) electrons. The first-order valence-corrected chi connectivity index (χ1v) is 11.4. The third-order valence-corrected chi connectivity index (χ3v) is 6.81. The number of amides is 1. The van der Waals surface area contributed by atoms with Crippen LogP contribution in [0.15, 0.2) is 17.1 Å². The smallest absolute Gasteiger partial charge is 0.262 e. The van der Waals surface area contributed by atoms with Gasteiger partial charge in [-0.15, -0.1) is 11.3 Å². The first kappa shape index (κ1) is 21.1. The molecule has 0 fully saturated rings. The van der Waals surface area contributed by atoms with E-state index in [0.717, 1.165) is 31.5 Å². The number of rotatable bonds is 5. The normalized spacial score (nSPS) is 13.7. The number of hydrogen-bond acceptors (Lipinski definition) is 6. The Hall–Kier alpha value is -2.16. The molecule has 2 N–H and O–H groups in total. The molecule has 3 aromatic rings. The highest BCUT2D eigenvalue weighted by molar-refractivity contribution is 7.20. The van der Waals surface area contributed by atoms with Crippen molar-refractivity contribution < 1.29 is 4.79 Å². The summed E-state index contributed by atoms with van der Waals surface area (Å²) in [5.41, 5.74) is 0.662. The summed E-state index contributed by atoms with van der Waals surface area (Å²) in [5, 5.41) is 7.38. The minimum atomic E-state index is -0.216. The molecular formula is C20H21Cl2N5O2S. The molecule has 3 aromatic heterocycles. The number of aromatic nitrogens is 3. The van der Waals surface area contributed by atoms with Crippen molar-refractivity contribution in [2.45, 2.75) is 39.2 Å². The number of aryl methyl sites for hydroxylation is 2. The van der Waals surface area contributed by atoms with Crippen LogP contribution in [0.1, 0.15) is 40.3 Å². The van der Waals surface area contributed by atoms with E-state index in [4.69, 9.17) is 28.2 Å². The van der Waals surface area contributed by atoms with Crippen molar-refractivity contribution in [2.24, 2.45) is 0 Å². The van der Waals surface area contributed by atoms with Gasteiger partial charge in [0.25, 0.3) is 11.5 Å². The average molecular weight is 466 g/mol. The van der Waals surface area contributed by atoms with E-state index in [1.807, 2.05) is 6.92 Å². The van der Waals surface area contributed by atoms with Crippen LogP contribution >= 0.6 is 34.5 Å². The van der Waals surface area contributed by atoms with Crippen LogP contribution in [0, 0.1) is 6.92 Å². The average Bonchev–Trinajstić information content (AvgIpc) is 2.88. The Morgan fingerprint density at radius 1 is 1.27 bits per heavy atom. The molecule has 0 bridgehead atoms. The van der Waals surface area contributed by atoms with Crippen LogP contribution in [0.25, 0.3) is 10.2 Å². The Morgan fingerprint density at radius 2 is 2.10 bits per heavy atom. The minimum absolute atomic E-state index is 0.0326. The van der Waals surface area contributed by atoms with Gasteiger partial charge in [0.05, 0.1) is 20.3 Å². The molecule has 0 atom stereocenters. The van der Waals surface area contributed by atoms with Gasteiger partial charge in [-0.05, 0) is 31.4 Å². The Morgan fingerprint density at radius 3 is 2.90 bits per heavy atom. The number of fused-ring (bicyclic) bond motifs is 2. The molecule has 1 amide bonds. The van der Waals surface area contributed by atoms with Crippen LogP contribution in [0.4, 0.5) is 5.82 Å². The van der Waals surface area contributed by atoms with E-state index in [2.05, 4.69) is 15.6 Å². The number of pyridine rings is 1. The lowest BCUT2D eigenvalue weighted by molar-refractivity contribution is 0.0958. The van der Waals surface area contributed by atoms with E-state index in [0.29, 0.717) is 56.2 Å². The number of carbonyl (C=O) groups excluding carboxylic acids is 1. The molecule has 4 rings (SSSR count). The number of halogens is 2. The zero-order valence-corrected chi connectivity index (χ0v) is 18.8. The topological polar surface area (TPSA) is 88.9 Å². The predicted octanol–water partition coefficient (Wildman–Crippen LogP) is 4.04. The Kier molecular flexibility index (Phi) is 6.26. The summed E-state index contributed by atoms with van der Waals surface area (Å²) in [6, 6.07) is 1.60. The molecule has 1 aliphatic heterocycles. The van der Waals surface area contributed by atoms with Crippen LogP contribution in [-0.4, -0.2) is 33.5 Å². The lowest BCUT2D eigenvalue weighted by Gasteiger charge is -2.08. The number of hydrogen-bond donors (Lipinski definition) is 2. The summed E-state index contributed by atoms with van der Waals surface area (Å²) in [6.07, 6.45) is 5.43. The zero-order chi connectivity index (χ0) is 21.3. The van der Waals surface area contributed by atoms with E-state index < -0.39 is 0 Å². The molecule has 7 nitrogen and oxygen atoms in total. The van der Waals surface area contributed by atoms with Gasteiger partial charge in [0.2, 0.25) is 0 Å². The molecule has 10 heteroatoms. The lowest BCUT2D eigenvalue weighted by Crippen LogP contribution is -2.29. The quantitative estimate of drug-likeness (QED) is 0.555. The molecule has 0 saturated carbocycles. The largest absolute Gasteiger partial charge is 0.367 e. The van der Waals surface area contributed by atoms with Gasteiger partial charge in [-0.2, -0.15) is 0 Å². The second-order valence-electron chi connectivity index (χ2n) is 7.20. The highest BCUT2D eigenvalue weighted by atomic mass is 35.5. The Bertz CT molecular complexity index is 1170. The summed E-state index contributed by atoms with van der Waals surface area (Å²) in [6.45, 7) is 3.33. The number of anilines is 1. The van der Waals surface area contributed by atoms with Crippen LogP contribution in [-0.2, 0) is 13.0 Å². The van der Waals surface area contributed by atoms with Crippen molar-refractivity contribution in [1.29, 1.82) is 0 Å². The second kappa shape index (κ2) is 8.91. The minimum Gasteiger partial charge on any atom is -0.367 e. The van der Waals surface area contributed by atoms with Gasteiger partial charge >= 0.3 is 0 Å². The van der Waals surface area contributed by atoms with Crippen molar-refractivity contribution in [3.63, 3.8) is 0 Å². The molecule has 0 aliphatic carbocycles. The molecule has 0 unspecified atom stereocenters. The van der Waals surface area contributed by atoms with E-state index in [1.165, 1.54) is 17.5 Å². The highest BCUT2D eigenvalue weighted by Gasteiger charge is 2.22. The summed E-state index contributed by atoms with van der Waals surface area (Å²) in [4.78, 5) is 35.7. The molecule has 0 spiro atoms. The maximum absolute atomic E-state index is 13.0. The molecule has 1 aliphatic rings. The van der Waals surface area contributed by atoms with Crippen molar-refractivity contribution in [2.75, 3.05) is 18.4 Å². The fourth-order valence-electron chi connectivity index (χ4n) is 3.61. The monoisotopic (exact) mass is 465 g/mol. The number of nitrogens with one attached hydrogen (secondary N) is 2. The fourth-order valence-corrected chi connectivity index (χ4v) is 5.16. The molecule has 30 heavy (non-hydrogen) atoms. The lowest BCUT2D eigenvalue weighted by atomic mass is 10.2. The first-order valence-electron chi connectivity index (χ1n) is 9.81. The SMILES string of the molecule is Cc1c(C(=O)NCCNc2ncc(Cl)cc2Cl)sc2nc3n(c(=O)c12)CCCCC3. The number of thiophene rings is 1. The van der Waals surface area contributed by atoms with Gasteiger partial charge in [0.15, 0.2) is 0 Å². The van der Waals surface area contributed by atoms with Crippen molar-refractivity contribution >= 4 is 56.5 Å². The maximum atomic E-state index is 13.0. The number of carbonyl (C=O) groups is 1. The van der Waals surface area contributed by atoms with E-state index in [-0.39, 0.29) is 11.5 Å². The van der Waals surface area contributed by atoms with Crippen molar-refractivity contribution in [3.05, 3.63) is 48.9 Å². The summed E-state index contributed by atoms with van der Waals surface area (Å²) in [7, 11) is 0. The van der Waals surface area contributed by atoms with Crippen LogP contribution in [0.5, 0.6) is 0 Å². The summed E-state index contributed by atoms with van der Waals surface area (Å²) < 4.78 is 1.78. The van der Waals surface area contributed by atoms with Gasteiger partial charge in [-0.25, -0.2) is 9.97 Å². The second-order valence-corrected chi connectivity index (χ2v) is 9.04. The summed E-state index contributed by atoms with van der Waals surface area (Å²) >= 11 is 13.2. The standard InChI is InChI=1S/C20H21Cl2N5O2S/c1-11-15-19(26-14-5-3-2-4-8-27(14)20(15)29)30-16(11)18(28)24-7-6-23-17-13(22)9-12(21)10-25-17/h9-10H,2-8H2,1H3,(H,23,25)(H,24,28). The predicted molar refractivity (Wildman–Crippen MR) is 121 cm³/mol. The molecule has 4 heterocycles. The third-order valence-electron chi connectivity index (χ3n) is 5.13. The third kappa shape index (κ3) is 4.17. The summed E-state index contributed by atoms with van der Waals surface area (Å²) in [5.74, 6) is 1.12. The van der Waals surface area contributed by atoms with Crippen LogP contribution < -0.4 is 16.2 Å². The van der Waals surface area contributed by atoms with Gasteiger partial charge in [-0.1, -0.05) is 29.6 Å². The van der Waals surface area contributed by atoms with E-state index in [9.17, 15) is 9.59 Å². The molecule has 0 saturated heterocycles. The fraction of sp³-hybridized carbons (Fsp3) is 0.400. The van der Waals surface area contributed by atoms with E-state index in [1.54, 1.807) is 10.6 Å². The van der Waals surface area contributed by atoms with Gasteiger partial charge in [0, 0.05) is 32.3 Å². The molecule has 158 valence electrons. The van der Waals surface area contributed by atoms with Gasteiger partial charge in [-0.3, -0.25) is 14.2 Å². The van der Waals surface area contributed by atoms with Gasteiger partial charge < -0.3 is 10.6 Å². The highest BCUT2D eigenvalue weighted by Crippen LogP contribution is 2.28. The zero-order valence-electron chi connectivity index (χ0n) is 16.4. The first-order chi connectivity index (χ1) is 14.5. The molecular weight excluding hydrogens is 445 g/mol. The van der Waals surface area contributed by atoms with E-state index >= 15 is 0 Å². The van der Waals surface area contributed by atoms with Crippen molar-refractivity contribution in [1.82, 2.24) is 19.9 Å². The van der Waals surface area contributed by atoms with Gasteiger partial charge in [0.1, 0.15) is 16.5 Å². The van der Waals surface area contributed by atoms with Crippen LogP contribution in [0.3, 0.4) is 0 Å². The maximum Gasteiger partial charge on any atom is 0.262 e. The number of nitrogens with zero attached hydrogens (tertiary/aromatic N) is 3.